The molecule has 1 amide bonds. The van der Waals surface area contributed by atoms with Crippen LogP contribution in [-0.2, 0) is 4.79 Å². The highest BCUT2D eigenvalue weighted by Gasteiger charge is 2.18. The normalized spacial score (nSPS) is 12.0. The van der Waals surface area contributed by atoms with Gasteiger partial charge in [0.05, 0.1) is 12.6 Å². The molecule has 0 bridgehead atoms. The maximum Gasteiger partial charge on any atom is 0.234 e. The SMILES string of the molecule is CNCC(=O)N[C@H](c1cccnc1)c1ccc(C)cc1C. The highest BCUT2D eigenvalue weighted by atomic mass is 16.1. The van der Waals surface area contributed by atoms with Crippen LogP contribution in [0.25, 0.3) is 0 Å². The van der Waals surface area contributed by atoms with E-state index in [1.54, 1.807) is 19.4 Å². The molecule has 0 spiro atoms. The zero-order chi connectivity index (χ0) is 15.2. The first-order valence-corrected chi connectivity index (χ1v) is 7.03. The van der Waals surface area contributed by atoms with E-state index in [-0.39, 0.29) is 11.9 Å². The molecule has 1 atom stereocenters. The molecule has 1 heterocycles. The van der Waals surface area contributed by atoms with Crippen LogP contribution in [0.15, 0.2) is 42.7 Å². The molecule has 0 aliphatic rings. The van der Waals surface area contributed by atoms with Gasteiger partial charge < -0.3 is 10.6 Å². The van der Waals surface area contributed by atoms with Crippen molar-refractivity contribution >= 4 is 5.91 Å². The van der Waals surface area contributed by atoms with Crippen molar-refractivity contribution in [3.8, 4) is 0 Å². The number of aromatic nitrogens is 1. The topological polar surface area (TPSA) is 54.0 Å². The van der Waals surface area contributed by atoms with Crippen molar-refractivity contribution in [1.29, 1.82) is 0 Å². The molecule has 110 valence electrons. The third kappa shape index (κ3) is 3.89. The van der Waals surface area contributed by atoms with Crippen molar-refractivity contribution in [2.75, 3.05) is 13.6 Å². The molecule has 0 fully saturated rings. The Morgan fingerprint density at radius 2 is 2.10 bits per heavy atom. The maximum absolute atomic E-state index is 12.0. The number of hydrogen-bond acceptors (Lipinski definition) is 3. The minimum absolute atomic E-state index is 0.0358. The lowest BCUT2D eigenvalue weighted by Gasteiger charge is -2.21. The monoisotopic (exact) mass is 283 g/mol. The predicted octanol–water partition coefficient (Wildman–Crippen LogP) is 2.12. The summed E-state index contributed by atoms with van der Waals surface area (Å²) < 4.78 is 0. The Bertz CT molecular complexity index is 611. The Hall–Kier alpha value is -2.20. The van der Waals surface area contributed by atoms with E-state index in [9.17, 15) is 4.79 Å². The fourth-order valence-electron chi connectivity index (χ4n) is 2.41. The van der Waals surface area contributed by atoms with E-state index in [2.05, 4.69) is 47.7 Å². The van der Waals surface area contributed by atoms with Gasteiger partial charge in [0.25, 0.3) is 0 Å². The molecule has 2 N–H and O–H groups in total. The second-order valence-electron chi connectivity index (χ2n) is 5.18. The van der Waals surface area contributed by atoms with Crippen molar-refractivity contribution in [1.82, 2.24) is 15.6 Å². The van der Waals surface area contributed by atoms with E-state index in [4.69, 9.17) is 0 Å². The number of benzene rings is 1. The number of aryl methyl sites for hydroxylation is 2. The van der Waals surface area contributed by atoms with Crippen LogP contribution in [0.2, 0.25) is 0 Å². The summed E-state index contributed by atoms with van der Waals surface area (Å²) in [6, 6.07) is 9.95. The van der Waals surface area contributed by atoms with Gasteiger partial charge in [0.2, 0.25) is 5.91 Å². The molecular weight excluding hydrogens is 262 g/mol. The summed E-state index contributed by atoms with van der Waals surface area (Å²) in [6.07, 6.45) is 3.53. The number of nitrogens with zero attached hydrogens (tertiary/aromatic N) is 1. The Kier molecular flexibility index (Phi) is 5.06. The van der Waals surface area contributed by atoms with Crippen LogP contribution in [0.1, 0.15) is 28.3 Å². The smallest absolute Gasteiger partial charge is 0.234 e. The molecule has 0 saturated carbocycles. The zero-order valence-corrected chi connectivity index (χ0v) is 12.7. The molecule has 2 aromatic rings. The van der Waals surface area contributed by atoms with Crippen molar-refractivity contribution in [3.63, 3.8) is 0 Å². The Labute approximate surface area is 125 Å². The van der Waals surface area contributed by atoms with Gasteiger partial charge in [0.15, 0.2) is 0 Å². The summed E-state index contributed by atoms with van der Waals surface area (Å²) >= 11 is 0. The number of pyridine rings is 1. The second kappa shape index (κ2) is 6.99. The predicted molar refractivity (Wildman–Crippen MR) is 84.1 cm³/mol. The van der Waals surface area contributed by atoms with Crippen LogP contribution in [0.4, 0.5) is 0 Å². The number of carbonyl (C=O) groups excluding carboxylic acids is 1. The second-order valence-corrected chi connectivity index (χ2v) is 5.18. The first kappa shape index (κ1) is 15.2. The van der Waals surface area contributed by atoms with Crippen LogP contribution in [0, 0.1) is 13.8 Å². The summed E-state index contributed by atoms with van der Waals surface area (Å²) in [5.74, 6) is -0.0358. The van der Waals surface area contributed by atoms with Gasteiger partial charge >= 0.3 is 0 Å². The lowest BCUT2D eigenvalue weighted by molar-refractivity contribution is -0.120. The third-order valence-electron chi connectivity index (χ3n) is 3.40. The highest BCUT2D eigenvalue weighted by molar-refractivity contribution is 5.79. The van der Waals surface area contributed by atoms with Crippen molar-refractivity contribution in [2.24, 2.45) is 0 Å². The highest BCUT2D eigenvalue weighted by Crippen LogP contribution is 2.25. The average Bonchev–Trinajstić information content (AvgIpc) is 2.47. The van der Waals surface area contributed by atoms with Gasteiger partial charge in [-0.3, -0.25) is 9.78 Å². The van der Waals surface area contributed by atoms with Gasteiger partial charge in [0, 0.05) is 12.4 Å². The first-order chi connectivity index (χ1) is 10.1. The molecule has 0 unspecified atom stereocenters. The van der Waals surface area contributed by atoms with Gasteiger partial charge in [-0.1, -0.05) is 29.8 Å². The number of rotatable bonds is 5. The van der Waals surface area contributed by atoms with E-state index in [1.807, 2.05) is 12.1 Å². The summed E-state index contributed by atoms with van der Waals surface area (Å²) in [5, 5.41) is 5.94. The van der Waals surface area contributed by atoms with Crippen LogP contribution in [-0.4, -0.2) is 24.5 Å². The Morgan fingerprint density at radius 3 is 2.71 bits per heavy atom. The van der Waals surface area contributed by atoms with Crippen molar-refractivity contribution in [2.45, 2.75) is 19.9 Å². The number of likely N-dealkylation sites (N-methyl/N-ethyl adjacent to an activating group) is 1. The zero-order valence-electron chi connectivity index (χ0n) is 12.7. The van der Waals surface area contributed by atoms with Crippen LogP contribution < -0.4 is 10.6 Å². The van der Waals surface area contributed by atoms with Crippen LogP contribution >= 0.6 is 0 Å². The molecular formula is C17H21N3O. The Morgan fingerprint density at radius 1 is 1.29 bits per heavy atom. The molecule has 21 heavy (non-hydrogen) atoms. The number of nitrogens with one attached hydrogen (secondary N) is 2. The number of carbonyl (C=O) groups is 1. The van der Waals surface area contributed by atoms with Crippen LogP contribution in [0.3, 0.4) is 0 Å². The fourth-order valence-corrected chi connectivity index (χ4v) is 2.41. The molecule has 2 rings (SSSR count). The average molecular weight is 283 g/mol. The van der Waals surface area contributed by atoms with E-state index >= 15 is 0 Å². The molecule has 0 radical (unpaired) electrons. The van der Waals surface area contributed by atoms with Gasteiger partial charge in [-0.05, 0) is 43.7 Å². The molecule has 0 saturated heterocycles. The van der Waals surface area contributed by atoms with Crippen molar-refractivity contribution in [3.05, 3.63) is 65.0 Å². The van der Waals surface area contributed by atoms with Gasteiger partial charge in [0.1, 0.15) is 0 Å². The summed E-state index contributed by atoms with van der Waals surface area (Å²) in [4.78, 5) is 16.1. The third-order valence-corrected chi connectivity index (χ3v) is 3.40. The standard InChI is InChI=1S/C17H21N3O/c1-12-6-7-15(13(2)9-12)17(20-16(21)11-18-3)14-5-4-8-19-10-14/h4-10,17-18H,11H2,1-3H3,(H,20,21)/t17-/m1/s1. The maximum atomic E-state index is 12.0. The lowest BCUT2D eigenvalue weighted by atomic mass is 9.94. The van der Waals surface area contributed by atoms with Gasteiger partial charge in [-0.15, -0.1) is 0 Å². The molecule has 4 nitrogen and oxygen atoms in total. The summed E-state index contributed by atoms with van der Waals surface area (Å²) in [6.45, 7) is 4.42. The largest absolute Gasteiger partial charge is 0.344 e. The Balaban J connectivity index is 2.38. The van der Waals surface area contributed by atoms with Crippen LogP contribution in [0.5, 0.6) is 0 Å². The van der Waals surface area contributed by atoms with E-state index < -0.39 is 0 Å². The lowest BCUT2D eigenvalue weighted by Crippen LogP contribution is -2.35. The molecule has 1 aromatic heterocycles. The summed E-state index contributed by atoms with van der Waals surface area (Å²) in [5.41, 5.74) is 4.45. The van der Waals surface area contributed by atoms with Gasteiger partial charge in [-0.2, -0.15) is 0 Å². The molecule has 0 aliphatic carbocycles. The minimum atomic E-state index is -0.180. The number of hydrogen-bond donors (Lipinski definition) is 2. The minimum Gasteiger partial charge on any atom is -0.344 e. The summed E-state index contributed by atoms with van der Waals surface area (Å²) in [7, 11) is 1.76. The fraction of sp³-hybridized carbons (Fsp3) is 0.294. The molecule has 0 aliphatic heterocycles. The van der Waals surface area contributed by atoms with E-state index in [0.29, 0.717) is 6.54 Å². The van der Waals surface area contributed by atoms with E-state index in [1.165, 1.54) is 5.56 Å². The first-order valence-electron chi connectivity index (χ1n) is 7.03. The molecule has 1 aromatic carbocycles. The van der Waals surface area contributed by atoms with E-state index in [0.717, 1.165) is 16.7 Å². The van der Waals surface area contributed by atoms with Gasteiger partial charge in [-0.25, -0.2) is 0 Å². The quantitative estimate of drug-likeness (QED) is 0.884. The molecule has 4 heteroatoms. The number of amides is 1. The van der Waals surface area contributed by atoms with Crippen molar-refractivity contribution < 1.29 is 4.79 Å².